The highest BCUT2D eigenvalue weighted by atomic mass is 15.2. The smallest absolute Gasteiger partial charge is 0.145 e. The van der Waals surface area contributed by atoms with Gasteiger partial charge in [0.25, 0.3) is 0 Å². The molecule has 0 bridgehead atoms. The van der Waals surface area contributed by atoms with E-state index in [1.54, 1.807) is 12.4 Å². The van der Waals surface area contributed by atoms with E-state index >= 15 is 0 Å². The monoisotopic (exact) mass is 283 g/mol. The molecule has 2 aromatic heterocycles. The van der Waals surface area contributed by atoms with Crippen LogP contribution < -0.4 is 10.2 Å². The Kier molecular flexibility index (Phi) is 3.99. The third kappa shape index (κ3) is 3.48. The van der Waals surface area contributed by atoms with Crippen molar-refractivity contribution in [2.45, 2.75) is 32.7 Å². The van der Waals surface area contributed by atoms with Crippen molar-refractivity contribution in [3.8, 4) is 0 Å². The van der Waals surface area contributed by atoms with Crippen LogP contribution in [-0.2, 0) is 0 Å². The first-order valence-electron chi connectivity index (χ1n) is 7.44. The molecule has 0 unspecified atom stereocenters. The number of nitrogens with one attached hydrogen (secondary N) is 1. The summed E-state index contributed by atoms with van der Waals surface area (Å²) in [5.41, 5.74) is 2.02. The standard InChI is InChI=1S/C16H21N5/c1-12-4-3-5-16(19-12)21-8-6-14(7-9-21)20-15-11-17-10-13(2)18-15/h3-5,10-11,14H,6-9H2,1-2H3,(H,18,20). The van der Waals surface area contributed by atoms with Crippen molar-refractivity contribution in [3.63, 3.8) is 0 Å². The Morgan fingerprint density at radius 1 is 1.05 bits per heavy atom. The molecule has 3 rings (SSSR count). The predicted molar refractivity (Wildman–Crippen MR) is 84.6 cm³/mol. The van der Waals surface area contributed by atoms with Crippen LogP contribution in [0.4, 0.5) is 11.6 Å². The van der Waals surface area contributed by atoms with Crippen molar-refractivity contribution in [1.82, 2.24) is 15.0 Å². The maximum Gasteiger partial charge on any atom is 0.145 e. The Morgan fingerprint density at radius 3 is 2.57 bits per heavy atom. The van der Waals surface area contributed by atoms with E-state index in [1.807, 2.05) is 19.9 Å². The Morgan fingerprint density at radius 2 is 1.86 bits per heavy atom. The van der Waals surface area contributed by atoms with Crippen LogP contribution in [0.3, 0.4) is 0 Å². The maximum absolute atomic E-state index is 4.60. The lowest BCUT2D eigenvalue weighted by Gasteiger charge is -2.33. The fourth-order valence-electron chi connectivity index (χ4n) is 2.70. The van der Waals surface area contributed by atoms with Gasteiger partial charge in [0.2, 0.25) is 0 Å². The normalized spacial score (nSPS) is 16.0. The third-order valence-electron chi connectivity index (χ3n) is 3.80. The van der Waals surface area contributed by atoms with Crippen LogP contribution >= 0.6 is 0 Å². The van der Waals surface area contributed by atoms with E-state index in [4.69, 9.17) is 0 Å². The van der Waals surface area contributed by atoms with E-state index in [9.17, 15) is 0 Å². The Balaban J connectivity index is 1.58. The lowest BCUT2D eigenvalue weighted by molar-refractivity contribution is 0.522. The van der Waals surface area contributed by atoms with Gasteiger partial charge in [-0.05, 0) is 38.8 Å². The summed E-state index contributed by atoms with van der Waals surface area (Å²) in [6.07, 6.45) is 5.75. The van der Waals surface area contributed by atoms with Crippen molar-refractivity contribution in [3.05, 3.63) is 42.0 Å². The summed E-state index contributed by atoms with van der Waals surface area (Å²) in [5.74, 6) is 1.96. The first-order valence-corrected chi connectivity index (χ1v) is 7.44. The predicted octanol–water partition coefficient (Wildman–Crippen LogP) is 2.57. The topological polar surface area (TPSA) is 53.9 Å². The van der Waals surface area contributed by atoms with E-state index in [0.717, 1.165) is 49.0 Å². The fourth-order valence-corrected chi connectivity index (χ4v) is 2.70. The zero-order valence-corrected chi connectivity index (χ0v) is 12.6. The van der Waals surface area contributed by atoms with E-state index in [-0.39, 0.29) is 0 Å². The summed E-state index contributed by atoms with van der Waals surface area (Å²) in [4.78, 5) is 15.6. The molecule has 5 nitrogen and oxygen atoms in total. The minimum atomic E-state index is 0.460. The maximum atomic E-state index is 4.60. The highest BCUT2D eigenvalue weighted by Gasteiger charge is 2.20. The van der Waals surface area contributed by atoms with Gasteiger partial charge < -0.3 is 10.2 Å². The molecule has 1 N–H and O–H groups in total. The molecule has 5 heteroatoms. The van der Waals surface area contributed by atoms with Gasteiger partial charge in [0, 0.05) is 31.0 Å². The average molecular weight is 283 g/mol. The zero-order valence-electron chi connectivity index (χ0n) is 12.6. The van der Waals surface area contributed by atoms with E-state index < -0.39 is 0 Å². The number of anilines is 2. The molecule has 0 saturated carbocycles. The SMILES string of the molecule is Cc1cncc(NC2CCN(c3cccc(C)n3)CC2)n1. The lowest BCUT2D eigenvalue weighted by Crippen LogP contribution is -2.39. The van der Waals surface area contributed by atoms with Crippen molar-refractivity contribution in [2.24, 2.45) is 0 Å². The summed E-state index contributed by atoms with van der Waals surface area (Å²) in [6, 6.07) is 6.66. The first-order chi connectivity index (χ1) is 10.2. The molecule has 110 valence electrons. The van der Waals surface area contributed by atoms with Gasteiger partial charge in [0.1, 0.15) is 11.6 Å². The Hall–Kier alpha value is -2.17. The molecule has 1 aliphatic rings. The molecule has 0 atom stereocenters. The van der Waals surface area contributed by atoms with Crippen LogP contribution in [0.15, 0.2) is 30.6 Å². The highest BCUT2D eigenvalue weighted by Crippen LogP contribution is 2.20. The summed E-state index contributed by atoms with van der Waals surface area (Å²) in [6.45, 7) is 6.04. The molecule has 3 heterocycles. The molecule has 0 amide bonds. The quantitative estimate of drug-likeness (QED) is 0.938. The van der Waals surface area contributed by atoms with Crippen LogP contribution in [0.5, 0.6) is 0 Å². The molecular weight excluding hydrogens is 262 g/mol. The lowest BCUT2D eigenvalue weighted by atomic mass is 10.1. The number of hydrogen-bond acceptors (Lipinski definition) is 5. The molecule has 0 aliphatic carbocycles. The van der Waals surface area contributed by atoms with E-state index in [1.165, 1.54) is 0 Å². The number of nitrogens with zero attached hydrogens (tertiary/aromatic N) is 4. The van der Waals surface area contributed by atoms with Crippen LogP contribution in [0.1, 0.15) is 24.2 Å². The molecule has 1 fully saturated rings. The number of aryl methyl sites for hydroxylation is 2. The minimum Gasteiger partial charge on any atom is -0.366 e. The molecule has 0 spiro atoms. The number of piperidine rings is 1. The largest absolute Gasteiger partial charge is 0.366 e. The van der Waals surface area contributed by atoms with Crippen LogP contribution in [0, 0.1) is 13.8 Å². The second kappa shape index (κ2) is 6.08. The minimum absolute atomic E-state index is 0.460. The molecule has 1 aliphatic heterocycles. The van der Waals surface area contributed by atoms with Gasteiger partial charge in [0.15, 0.2) is 0 Å². The van der Waals surface area contributed by atoms with Gasteiger partial charge in [-0.1, -0.05) is 6.07 Å². The van der Waals surface area contributed by atoms with Gasteiger partial charge in [-0.2, -0.15) is 0 Å². The van der Waals surface area contributed by atoms with Crippen molar-refractivity contribution in [1.29, 1.82) is 0 Å². The number of aromatic nitrogens is 3. The van der Waals surface area contributed by atoms with Crippen molar-refractivity contribution >= 4 is 11.6 Å². The molecule has 21 heavy (non-hydrogen) atoms. The molecule has 1 saturated heterocycles. The molecule has 0 aromatic carbocycles. The summed E-state index contributed by atoms with van der Waals surface area (Å²) in [7, 11) is 0. The second-order valence-electron chi connectivity index (χ2n) is 5.59. The van der Waals surface area contributed by atoms with Gasteiger partial charge in [-0.15, -0.1) is 0 Å². The number of hydrogen-bond donors (Lipinski definition) is 1. The van der Waals surface area contributed by atoms with Crippen LogP contribution in [-0.4, -0.2) is 34.1 Å². The van der Waals surface area contributed by atoms with Gasteiger partial charge >= 0.3 is 0 Å². The van der Waals surface area contributed by atoms with Crippen molar-refractivity contribution < 1.29 is 0 Å². The summed E-state index contributed by atoms with van der Waals surface area (Å²) >= 11 is 0. The first kappa shape index (κ1) is 13.8. The number of pyridine rings is 1. The summed E-state index contributed by atoms with van der Waals surface area (Å²) < 4.78 is 0. The van der Waals surface area contributed by atoms with E-state index in [2.05, 4.69) is 37.3 Å². The van der Waals surface area contributed by atoms with Crippen molar-refractivity contribution in [2.75, 3.05) is 23.3 Å². The Bertz CT molecular complexity index is 605. The van der Waals surface area contributed by atoms with Crippen LogP contribution in [0.2, 0.25) is 0 Å². The fraction of sp³-hybridized carbons (Fsp3) is 0.438. The molecule has 2 aromatic rings. The van der Waals surface area contributed by atoms with Gasteiger partial charge in [0.05, 0.1) is 11.9 Å². The van der Waals surface area contributed by atoms with Gasteiger partial charge in [-0.25, -0.2) is 9.97 Å². The molecule has 0 radical (unpaired) electrons. The van der Waals surface area contributed by atoms with E-state index in [0.29, 0.717) is 6.04 Å². The highest BCUT2D eigenvalue weighted by molar-refractivity contribution is 5.40. The Labute approximate surface area is 125 Å². The summed E-state index contributed by atoms with van der Waals surface area (Å²) in [5, 5.41) is 3.48. The average Bonchev–Trinajstić information content (AvgIpc) is 2.48. The van der Waals surface area contributed by atoms with Crippen LogP contribution in [0.25, 0.3) is 0 Å². The zero-order chi connectivity index (χ0) is 14.7. The molecular formula is C16H21N5. The third-order valence-corrected chi connectivity index (χ3v) is 3.80. The second-order valence-corrected chi connectivity index (χ2v) is 5.59. The van der Waals surface area contributed by atoms with Gasteiger partial charge in [-0.3, -0.25) is 4.98 Å². The number of rotatable bonds is 3.